The zero-order chi connectivity index (χ0) is 13.8. The Morgan fingerprint density at radius 2 is 1.80 bits per heavy atom. The van der Waals surface area contributed by atoms with Crippen LogP contribution in [0.15, 0.2) is 54.6 Å². The number of nitrogens with one attached hydrogen (secondary N) is 1. The van der Waals surface area contributed by atoms with Crippen LogP contribution in [0.25, 0.3) is 11.6 Å². The molecule has 0 radical (unpaired) electrons. The normalized spacial score (nSPS) is 18.1. The number of hydrogen-bond donors (Lipinski definition) is 1. The van der Waals surface area contributed by atoms with Gasteiger partial charge in [-0.1, -0.05) is 42.5 Å². The average molecular weight is 260 g/mol. The van der Waals surface area contributed by atoms with E-state index < -0.39 is 0 Å². The molecule has 98 valence electrons. The zero-order valence-electron chi connectivity index (χ0n) is 11.2. The molecule has 1 aliphatic rings. The first-order valence-corrected chi connectivity index (χ1v) is 6.87. The highest BCUT2D eigenvalue weighted by atomic mass is 15.0. The Morgan fingerprint density at radius 1 is 1.10 bits per heavy atom. The van der Waals surface area contributed by atoms with Crippen LogP contribution < -0.4 is 5.32 Å². The molecular weight excluding hydrogens is 244 g/mol. The van der Waals surface area contributed by atoms with E-state index in [2.05, 4.69) is 41.7 Å². The minimum absolute atomic E-state index is 0.438. The number of hydrogen-bond acceptors (Lipinski definition) is 2. The fraction of sp³-hybridized carbons (Fsp3) is 0.167. The molecule has 20 heavy (non-hydrogen) atoms. The minimum atomic E-state index is 0.438. The third-order valence-electron chi connectivity index (χ3n) is 3.67. The van der Waals surface area contributed by atoms with Crippen molar-refractivity contribution in [3.8, 4) is 6.07 Å². The van der Waals surface area contributed by atoms with Gasteiger partial charge in [0.25, 0.3) is 0 Å². The van der Waals surface area contributed by atoms with Crippen LogP contribution in [0.1, 0.15) is 23.1 Å². The van der Waals surface area contributed by atoms with E-state index in [0.29, 0.717) is 11.6 Å². The van der Waals surface area contributed by atoms with Crippen LogP contribution in [-0.4, -0.2) is 12.6 Å². The Balaban J connectivity index is 1.96. The van der Waals surface area contributed by atoms with Crippen molar-refractivity contribution in [1.29, 1.82) is 5.26 Å². The van der Waals surface area contributed by atoms with Crippen molar-refractivity contribution in [2.45, 2.75) is 12.5 Å². The molecule has 2 nitrogen and oxygen atoms in total. The molecule has 0 aromatic heterocycles. The Bertz CT molecular complexity index is 644. The maximum atomic E-state index is 8.85. The van der Waals surface area contributed by atoms with Crippen LogP contribution in [0.4, 0.5) is 0 Å². The van der Waals surface area contributed by atoms with E-state index in [-0.39, 0.29) is 0 Å². The van der Waals surface area contributed by atoms with Gasteiger partial charge in [-0.25, -0.2) is 0 Å². The van der Waals surface area contributed by atoms with E-state index >= 15 is 0 Å². The van der Waals surface area contributed by atoms with Gasteiger partial charge in [0, 0.05) is 6.04 Å². The number of nitrogens with zero attached hydrogens (tertiary/aromatic N) is 1. The molecule has 3 rings (SSSR count). The lowest BCUT2D eigenvalue weighted by atomic mass is 9.90. The lowest BCUT2D eigenvalue weighted by Gasteiger charge is -2.30. The second kappa shape index (κ2) is 5.73. The Kier molecular flexibility index (Phi) is 3.62. The van der Waals surface area contributed by atoms with Crippen LogP contribution in [-0.2, 0) is 0 Å². The van der Waals surface area contributed by atoms with E-state index in [0.717, 1.165) is 12.1 Å². The molecule has 2 aromatic rings. The highest BCUT2D eigenvalue weighted by molar-refractivity contribution is 5.84. The van der Waals surface area contributed by atoms with E-state index in [4.69, 9.17) is 5.26 Å². The summed E-state index contributed by atoms with van der Waals surface area (Å²) in [7, 11) is 0. The first kappa shape index (κ1) is 12.7. The van der Waals surface area contributed by atoms with Crippen molar-refractivity contribution >= 4 is 11.6 Å². The van der Waals surface area contributed by atoms with Crippen LogP contribution >= 0.6 is 0 Å². The summed E-state index contributed by atoms with van der Waals surface area (Å²) in [5.74, 6) is 0. The quantitative estimate of drug-likeness (QED) is 0.858. The second-order valence-electron chi connectivity index (χ2n) is 4.99. The van der Waals surface area contributed by atoms with Crippen molar-refractivity contribution in [1.82, 2.24) is 5.32 Å². The van der Waals surface area contributed by atoms with Crippen molar-refractivity contribution in [3.63, 3.8) is 0 Å². The zero-order valence-corrected chi connectivity index (χ0v) is 11.2. The molecule has 2 aromatic carbocycles. The molecule has 1 fully saturated rings. The molecule has 0 amide bonds. The number of rotatable bonds is 3. The standard InChI is InChI=1S/C18H16N2/c19-13-15-8-6-14(7-9-15)12-17(18-10-11-20-18)16-4-2-1-3-5-16/h1-9,12,18,20H,10-11H2/b17-12-. The fourth-order valence-electron chi connectivity index (χ4n) is 2.40. The van der Waals surface area contributed by atoms with Crippen LogP contribution in [0.5, 0.6) is 0 Å². The molecule has 1 unspecified atom stereocenters. The van der Waals surface area contributed by atoms with Crippen LogP contribution in [0.2, 0.25) is 0 Å². The summed E-state index contributed by atoms with van der Waals surface area (Å²) in [5, 5.41) is 12.3. The highest BCUT2D eigenvalue weighted by Gasteiger charge is 2.21. The van der Waals surface area contributed by atoms with Gasteiger partial charge in [-0.05, 0) is 47.9 Å². The summed E-state index contributed by atoms with van der Waals surface area (Å²) in [6, 6.07) is 20.8. The Hall–Kier alpha value is -2.37. The maximum Gasteiger partial charge on any atom is 0.0991 e. The molecular formula is C18H16N2. The van der Waals surface area contributed by atoms with Crippen LogP contribution in [0, 0.1) is 11.3 Å². The van der Waals surface area contributed by atoms with Gasteiger partial charge in [0.05, 0.1) is 11.6 Å². The van der Waals surface area contributed by atoms with E-state index in [1.54, 1.807) is 0 Å². The average Bonchev–Trinajstić information content (AvgIpc) is 2.46. The summed E-state index contributed by atoms with van der Waals surface area (Å²) in [6.45, 7) is 1.09. The topological polar surface area (TPSA) is 35.8 Å². The smallest absolute Gasteiger partial charge is 0.0991 e. The van der Waals surface area contributed by atoms with Gasteiger partial charge in [-0.3, -0.25) is 0 Å². The molecule has 0 spiro atoms. The predicted octanol–water partition coefficient (Wildman–Crippen LogP) is 3.46. The lowest BCUT2D eigenvalue weighted by Crippen LogP contribution is -2.43. The SMILES string of the molecule is N#Cc1ccc(/C=C(/c2ccccc2)C2CCN2)cc1. The van der Waals surface area contributed by atoms with Crippen molar-refractivity contribution < 1.29 is 0 Å². The third kappa shape index (κ3) is 2.64. The molecule has 0 bridgehead atoms. The molecule has 0 saturated carbocycles. The molecule has 1 N–H and O–H groups in total. The number of benzene rings is 2. The van der Waals surface area contributed by atoms with E-state index in [1.807, 2.05) is 30.3 Å². The van der Waals surface area contributed by atoms with Gasteiger partial charge < -0.3 is 5.32 Å². The van der Waals surface area contributed by atoms with Gasteiger partial charge in [-0.2, -0.15) is 5.26 Å². The van der Waals surface area contributed by atoms with Gasteiger partial charge in [-0.15, -0.1) is 0 Å². The minimum Gasteiger partial charge on any atom is -0.310 e. The van der Waals surface area contributed by atoms with Gasteiger partial charge >= 0.3 is 0 Å². The van der Waals surface area contributed by atoms with Gasteiger partial charge in [0.15, 0.2) is 0 Å². The van der Waals surface area contributed by atoms with E-state index in [1.165, 1.54) is 17.6 Å². The molecule has 1 heterocycles. The highest BCUT2D eigenvalue weighted by Crippen LogP contribution is 2.26. The largest absolute Gasteiger partial charge is 0.310 e. The summed E-state index contributed by atoms with van der Waals surface area (Å²) in [5.41, 5.74) is 4.41. The molecule has 1 saturated heterocycles. The van der Waals surface area contributed by atoms with Gasteiger partial charge in [0.2, 0.25) is 0 Å². The lowest BCUT2D eigenvalue weighted by molar-refractivity contribution is 0.449. The molecule has 1 atom stereocenters. The first-order valence-electron chi connectivity index (χ1n) is 6.87. The monoisotopic (exact) mass is 260 g/mol. The summed E-state index contributed by atoms with van der Waals surface area (Å²) in [6.07, 6.45) is 3.39. The van der Waals surface area contributed by atoms with Crippen molar-refractivity contribution in [3.05, 3.63) is 71.3 Å². The summed E-state index contributed by atoms with van der Waals surface area (Å²) < 4.78 is 0. The van der Waals surface area contributed by atoms with Crippen molar-refractivity contribution in [2.75, 3.05) is 6.54 Å². The summed E-state index contributed by atoms with van der Waals surface area (Å²) in [4.78, 5) is 0. The van der Waals surface area contributed by atoms with E-state index in [9.17, 15) is 0 Å². The Labute approximate surface area is 119 Å². The Morgan fingerprint density at radius 3 is 2.35 bits per heavy atom. The first-order chi connectivity index (χ1) is 9.86. The van der Waals surface area contributed by atoms with Crippen molar-refractivity contribution in [2.24, 2.45) is 0 Å². The summed E-state index contributed by atoms with van der Waals surface area (Å²) >= 11 is 0. The maximum absolute atomic E-state index is 8.85. The predicted molar refractivity (Wildman–Crippen MR) is 81.9 cm³/mol. The molecule has 0 aliphatic carbocycles. The molecule has 2 heteroatoms. The molecule has 1 aliphatic heterocycles. The van der Waals surface area contributed by atoms with Crippen LogP contribution in [0.3, 0.4) is 0 Å². The second-order valence-corrected chi connectivity index (χ2v) is 4.99. The number of nitriles is 1. The third-order valence-corrected chi connectivity index (χ3v) is 3.67. The fourth-order valence-corrected chi connectivity index (χ4v) is 2.40. The van der Waals surface area contributed by atoms with Gasteiger partial charge in [0.1, 0.15) is 0 Å².